The van der Waals surface area contributed by atoms with E-state index in [9.17, 15) is 4.79 Å². The molecule has 2 aromatic rings. The van der Waals surface area contributed by atoms with Crippen LogP contribution in [0.5, 0.6) is 0 Å². The number of hydrogen-bond donors (Lipinski definition) is 2. The minimum absolute atomic E-state index is 0.124. The van der Waals surface area contributed by atoms with Gasteiger partial charge in [0.05, 0.1) is 6.20 Å². The molecule has 0 aromatic carbocycles. The number of rotatable bonds is 5. The van der Waals surface area contributed by atoms with E-state index in [2.05, 4.69) is 60.0 Å². The zero-order valence-electron chi connectivity index (χ0n) is 21.0. The van der Waals surface area contributed by atoms with Crippen molar-refractivity contribution < 1.29 is 29.0 Å². The van der Waals surface area contributed by atoms with E-state index < -0.39 is 0 Å². The second kappa shape index (κ2) is 8.98. The first-order chi connectivity index (χ1) is 16.6. The third-order valence-corrected chi connectivity index (χ3v) is 11.3. The Labute approximate surface area is 218 Å². The summed E-state index contributed by atoms with van der Waals surface area (Å²) in [4.78, 5) is 27.5. The molecule has 1 amide bonds. The van der Waals surface area contributed by atoms with Gasteiger partial charge >= 0.3 is 172 Å². The number of H-pyrrole nitrogens is 1. The van der Waals surface area contributed by atoms with E-state index in [1.165, 1.54) is 32.1 Å². The SMILES string of the molecule is CC1(C)CC=C(c2nc(C(C)(C)N3CC[N+]4(CC3)C[I-]4)ccc2NC(=O)c2ncc(C#N)[nH]2)CC1. The van der Waals surface area contributed by atoms with Crippen LogP contribution >= 0.6 is 0 Å². The number of piperazine rings is 1. The Morgan fingerprint density at radius 2 is 2.06 bits per heavy atom. The van der Waals surface area contributed by atoms with E-state index >= 15 is 0 Å². The number of imidazole rings is 1. The van der Waals surface area contributed by atoms with Gasteiger partial charge in [0, 0.05) is 0 Å². The average molecular weight is 588 g/mol. The summed E-state index contributed by atoms with van der Waals surface area (Å²) in [5.74, 6) is -0.246. The van der Waals surface area contributed by atoms with E-state index in [4.69, 9.17) is 10.2 Å². The Balaban J connectivity index is 1.45. The van der Waals surface area contributed by atoms with Crippen molar-refractivity contribution in [3.8, 4) is 6.07 Å². The number of hydrogen-bond acceptors (Lipinski definition) is 5. The summed E-state index contributed by atoms with van der Waals surface area (Å²) in [6, 6.07) is 6.02. The number of aromatic amines is 1. The number of nitrogens with one attached hydrogen (secondary N) is 2. The van der Waals surface area contributed by atoms with Crippen molar-refractivity contribution in [3.63, 3.8) is 0 Å². The van der Waals surface area contributed by atoms with Crippen LogP contribution in [0.4, 0.5) is 5.69 Å². The molecular formula is C26H34IN7O. The molecule has 0 bridgehead atoms. The van der Waals surface area contributed by atoms with Crippen LogP contribution < -0.4 is 26.8 Å². The van der Waals surface area contributed by atoms with Crippen molar-refractivity contribution in [2.45, 2.75) is 52.5 Å². The maximum atomic E-state index is 12.9. The zero-order valence-corrected chi connectivity index (χ0v) is 23.1. The summed E-state index contributed by atoms with van der Waals surface area (Å²) in [6.07, 6.45) is 6.66. The number of allylic oxidation sites excluding steroid dienone is 2. The number of amides is 1. The molecule has 4 heterocycles. The van der Waals surface area contributed by atoms with Crippen molar-refractivity contribution in [1.29, 1.82) is 5.26 Å². The number of nitriles is 1. The van der Waals surface area contributed by atoms with Gasteiger partial charge in [-0.1, -0.05) is 13.8 Å². The summed E-state index contributed by atoms with van der Waals surface area (Å²) >= 11 is 0.387. The molecule has 0 radical (unpaired) electrons. The van der Waals surface area contributed by atoms with Crippen LogP contribution in [-0.2, 0) is 5.54 Å². The Bertz CT molecular complexity index is 1210. The fraction of sp³-hybridized carbons (Fsp3) is 0.538. The van der Waals surface area contributed by atoms with Crippen LogP contribution in [-0.4, -0.2) is 59.2 Å². The fourth-order valence-corrected chi connectivity index (χ4v) is 7.20. The molecule has 5 rings (SSSR count). The van der Waals surface area contributed by atoms with Gasteiger partial charge < -0.3 is 4.98 Å². The molecular weight excluding hydrogens is 553 g/mol. The van der Waals surface area contributed by atoms with E-state index in [1.807, 2.05) is 12.1 Å². The van der Waals surface area contributed by atoms with Gasteiger partial charge in [0.1, 0.15) is 11.8 Å². The third kappa shape index (κ3) is 5.01. The molecule has 2 aliphatic heterocycles. The number of anilines is 1. The first-order valence-corrected chi connectivity index (χ1v) is 14.8. The normalized spacial score (nSPS) is 21.5. The van der Waals surface area contributed by atoms with E-state index in [1.54, 1.807) is 0 Å². The molecule has 0 saturated carbocycles. The molecule has 0 unspecified atom stereocenters. The topological polar surface area (TPSA) is 97.7 Å². The van der Waals surface area contributed by atoms with Crippen LogP contribution in [0.15, 0.2) is 24.4 Å². The third-order valence-electron chi connectivity index (χ3n) is 7.75. The number of carbonyl (C=O) groups excluding carboxylic acids is 1. The van der Waals surface area contributed by atoms with Crippen molar-refractivity contribution in [3.05, 3.63) is 47.3 Å². The molecule has 1 spiro atoms. The van der Waals surface area contributed by atoms with E-state index in [0.29, 0.717) is 27.2 Å². The van der Waals surface area contributed by atoms with Crippen molar-refractivity contribution in [1.82, 2.24) is 19.9 Å². The fourth-order valence-electron chi connectivity index (χ4n) is 4.97. The Kier molecular flexibility index (Phi) is 6.26. The summed E-state index contributed by atoms with van der Waals surface area (Å²) in [5, 5.41) is 12.1. The summed E-state index contributed by atoms with van der Waals surface area (Å²) in [6.45, 7) is 13.9. The van der Waals surface area contributed by atoms with Crippen LogP contribution in [0, 0.1) is 16.7 Å². The Morgan fingerprint density at radius 3 is 2.66 bits per heavy atom. The predicted octanol–water partition coefficient (Wildman–Crippen LogP) is 0.865. The van der Waals surface area contributed by atoms with Crippen LogP contribution in [0.3, 0.4) is 0 Å². The van der Waals surface area contributed by atoms with Gasteiger partial charge in [-0.05, 0) is 0 Å². The van der Waals surface area contributed by atoms with Crippen LogP contribution in [0.1, 0.15) is 74.7 Å². The Morgan fingerprint density at radius 1 is 1.31 bits per heavy atom. The average Bonchev–Trinajstić information content (AvgIpc) is 3.40. The second-order valence-electron chi connectivity index (χ2n) is 11.2. The molecule has 35 heavy (non-hydrogen) atoms. The molecule has 2 N–H and O–H groups in total. The first kappa shape index (κ1) is 24.4. The van der Waals surface area contributed by atoms with Gasteiger partial charge in [-0.3, -0.25) is 0 Å². The van der Waals surface area contributed by atoms with E-state index in [-0.39, 0.29) is 28.4 Å². The number of aromatic nitrogens is 3. The van der Waals surface area contributed by atoms with Crippen LogP contribution in [0.25, 0.3) is 5.57 Å². The number of halogens is 1. The molecule has 8 nitrogen and oxygen atoms in total. The summed E-state index contributed by atoms with van der Waals surface area (Å²) in [5.41, 5.74) is 4.11. The molecule has 0 atom stereocenters. The number of pyridine rings is 1. The van der Waals surface area contributed by atoms with Gasteiger partial charge in [-0.25, -0.2) is 4.98 Å². The van der Waals surface area contributed by atoms with Crippen molar-refractivity contribution >= 4 is 17.2 Å². The first-order valence-electron chi connectivity index (χ1n) is 12.3. The molecule has 2 saturated heterocycles. The monoisotopic (exact) mass is 587 g/mol. The zero-order chi connectivity index (χ0) is 24.8. The molecule has 9 heteroatoms. The maximum absolute atomic E-state index is 12.9. The molecule has 2 fully saturated rings. The van der Waals surface area contributed by atoms with Crippen molar-refractivity contribution in [2.75, 3.05) is 36.0 Å². The Hall–Kier alpha value is -2.29. The second-order valence-corrected chi connectivity index (χ2v) is 14.6. The number of quaternary nitrogens is 1. The molecule has 2 aromatic heterocycles. The van der Waals surface area contributed by atoms with Gasteiger partial charge in [0.15, 0.2) is 0 Å². The summed E-state index contributed by atoms with van der Waals surface area (Å²) in [7, 11) is 0. The van der Waals surface area contributed by atoms with Crippen molar-refractivity contribution in [2.24, 2.45) is 5.41 Å². The number of nitrogens with zero attached hydrogens (tertiary/aromatic N) is 5. The molecule has 1 aliphatic carbocycles. The number of carbonyl (C=O) groups is 1. The quantitative estimate of drug-likeness (QED) is 0.178. The van der Waals surface area contributed by atoms with Gasteiger partial charge in [0.25, 0.3) is 0 Å². The minimum atomic E-state index is -0.370. The summed E-state index contributed by atoms with van der Waals surface area (Å²) < 4.78 is 2.85. The molecule has 186 valence electrons. The predicted molar refractivity (Wildman–Crippen MR) is 131 cm³/mol. The standard InChI is InChI=1S/C26H34IN7O/c1-25(2)9-7-18(8-10-25)22-20(31-24(35)23-29-16-19(15-28)30-23)5-6-21(32-22)26(3,4)33-11-13-34(14-12-33)17-27-34/h5-7,16H,8-14,17H2,1-4H3,(H,29,30)(H,31,35). The van der Waals surface area contributed by atoms with Crippen LogP contribution in [0.2, 0.25) is 0 Å². The molecule has 3 aliphatic rings. The van der Waals surface area contributed by atoms with Gasteiger partial charge in [-0.2, -0.15) is 5.26 Å². The van der Waals surface area contributed by atoms with E-state index in [0.717, 1.165) is 43.7 Å². The number of alkyl halides is 1. The van der Waals surface area contributed by atoms with Gasteiger partial charge in [0.2, 0.25) is 0 Å². The van der Waals surface area contributed by atoms with Gasteiger partial charge in [-0.15, -0.1) is 0 Å².